The van der Waals surface area contributed by atoms with Gasteiger partial charge in [0.2, 0.25) is 17.2 Å². The summed E-state index contributed by atoms with van der Waals surface area (Å²) in [5.41, 5.74) is 0. The van der Waals surface area contributed by atoms with Gasteiger partial charge >= 0.3 is 0 Å². The van der Waals surface area contributed by atoms with Gasteiger partial charge in [-0.15, -0.1) is 0 Å². The lowest BCUT2D eigenvalue weighted by Crippen LogP contribution is -2.52. The van der Waals surface area contributed by atoms with Crippen LogP contribution in [0.2, 0.25) is 5.28 Å². The predicted molar refractivity (Wildman–Crippen MR) is 85.2 cm³/mol. The molecule has 0 amide bonds. The normalized spacial score (nSPS) is 23.9. The fraction of sp³-hybridized carbons (Fsp3) is 0.786. The average Bonchev–Trinajstić information content (AvgIpc) is 3.01. The Morgan fingerprint density at radius 2 is 1.67 bits per heavy atom. The molecule has 2 saturated heterocycles. The van der Waals surface area contributed by atoms with Gasteiger partial charge in [-0.3, -0.25) is 4.90 Å². The van der Waals surface area contributed by atoms with Gasteiger partial charge in [-0.2, -0.15) is 15.0 Å². The number of rotatable bonds is 3. The number of anilines is 2. The second-order valence-electron chi connectivity index (χ2n) is 5.82. The highest BCUT2D eigenvalue weighted by Gasteiger charge is 2.25. The van der Waals surface area contributed by atoms with Crippen molar-refractivity contribution in [2.24, 2.45) is 0 Å². The maximum atomic E-state index is 6.11. The van der Waals surface area contributed by atoms with Gasteiger partial charge in [0, 0.05) is 38.8 Å². The van der Waals surface area contributed by atoms with Crippen molar-refractivity contribution in [1.82, 2.24) is 19.9 Å². The molecule has 2 aliphatic heterocycles. The molecule has 116 valence electrons. The van der Waals surface area contributed by atoms with E-state index in [0.29, 0.717) is 11.3 Å². The van der Waals surface area contributed by atoms with E-state index in [4.69, 9.17) is 11.6 Å². The third kappa shape index (κ3) is 3.21. The number of halogens is 1. The number of piperazine rings is 1. The van der Waals surface area contributed by atoms with Crippen LogP contribution in [0, 0.1) is 0 Å². The van der Waals surface area contributed by atoms with Gasteiger partial charge in [0.15, 0.2) is 0 Å². The van der Waals surface area contributed by atoms with Crippen molar-refractivity contribution in [3.8, 4) is 0 Å². The highest BCUT2D eigenvalue weighted by Crippen LogP contribution is 2.22. The van der Waals surface area contributed by atoms with E-state index in [2.05, 4.69) is 43.5 Å². The Balaban J connectivity index is 1.78. The largest absolute Gasteiger partial charge is 0.341 e. The average molecular weight is 311 g/mol. The van der Waals surface area contributed by atoms with E-state index in [1.807, 2.05) is 0 Å². The molecule has 21 heavy (non-hydrogen) atoms. The van der Waals surface area contributed by atoms with Gasteiger partial charge in [-0.25, -0.2) is 0 Å². The monoisotopic (exact) mass is 310 g/mol. The van der Waals surface area contributed by atoms with E-state index in [-0.39, 0.29) is 0 Å². The maximum Gasteiger partial charge on any atom is 0.231 e. The van der Waals surface area contributed by atoms with Crippen LogP contribution in [0.15, 0.2) is 0 Å². The van der Waals surface area contributed by atoms with Crippen LogP contribution in [0.4, 0.5) is 11.9 Å². The number of hydrogen-bond acceptors (Lipinski definition) is 6. The lowest BCUT2D eigenvalue weighted by atomic mass is 10.2. The first-order valence-electron chi connectivity index (χ1n) is 7.83. The molecule has 1 unspecified atom stereocenters. The Hall–Kier alpha value is -1.14. The van der Waals surface area contributed by atoms with Crippen molar-refractivity contribution < 1.29 is 0 Å². The molecule has 0 aliphatic carbocycles. The molecule has 1 atom stereocenters. The molecular formula is C14H23ClN6. The second kappa shape index (κ2) is 6.32. The molecule has 1 aromatic rings. The van der Waals surface area contributed by atoms with E-state index in [1.54, 1.807) is 0 Å². The molecule has 0 saturated carbocycles. The van der Waals surface area contributed by atoms with E-state index < -0.39 is 0 Å². The minimum Gasteiger partial charge on any atom is -0.341 e. The summed E-state index contributed by atoms with van der Waals surface area (Å²) in [6.07, 6.45) is 2.40. The topological polar surface area (TPSA) is 48.4 Å². The summed E-state index contributed by atoms with van der Waals surface area (Å²) in [6.45, 7) is 10.5. The van der Waals surface area contributed by atoms with Crippen LogP contribution in [-0.2, 0) is 0 Å². The second-order valence-corrected chi connectivity index (χ2v) is 6.16. The molecule has 0 bridgehead atoms. The van der Waals surface area contributed by atoms with E-state index in [1.165, 1.54) is 12.8 Å². The Labute approximate surface area is 131 Å². The van der Waals surface area contributed by atoms with Crippen LogP contribution in [0.1, 0.15) is 26.7 Å². The fourth-order valence-corrected chi connectivity index (χ4v) is 3.33. The highest BCUT2D eigenvalue weighted by atomic mass is 35.5. The van der Waals surface area contributed by atoms with Crippen molar-refractivity contribution in [2.45, 2.75) is 32.7 Å². The molecule has 6 nitrogen and oxygen atoms in total. The summed E-state index contributed by atoms with van der Waals surface area (Å²) >= 11 is 6.11. The van der Waals surface area contributed by atoms with Gasteiger partial charge in [0.25, 0.3) is 0 Å². The van der Waals surface area contributed by atoms with E-state index in [9.17, 15) is 0 Å². The van der Waals surface area contributed by atoms with Crippen LogP contribution in [0.3, 0.4) is 0 Å². The Bertz CT molecular complexity index is 490. The van der Waals surface area contributed by atoms with E-state index in [0.717, 1.165) is 51.2 Å². The minimum atomic E-state index is 0.299. The molecule has 1 aromatic heterocycles. The molecule has 3 heterocycles. The standard InChI is InChI=1S/C14H23ClN6/c1-3-19-8-9-21(10-11(19)2)14-17-12(15)16-13(18-14)20-6-4-5-7-20/h11H,3-10H2,1-2H3. The molecule has 2 fully saturated rings. The molecular weight excluding hydrogens is 288 g/mol. The summed E-state index contributed by atoms with van der Waals surface area (Å²) in [4.78, 5) is 20.2. The zero-order valence-electron chi connectivity index (χ0n) is 12.8. The summed E-state index contributed by atoms with van der Waals surface area (Å²) in [5, 5.41) is 0.299. The van der Waals surface area contributed by atoms with Crippen molar-refractivity contribution in [1.29, 1.82) is 0 Å². The molecule has 2 aliphatic rings. The Morgan fingerprint density at radius 3 is 2.29 bits per heavy atom. The number of aromatic nitrogens is 3. The lowest BCUT2D eigenvalue weighted by molar-refractivity contribution is 0.198. The summed E-state index contributed by atoms with van der Waals surface area (Å²) in [6, 6.07) is 0.509. The van der Waals surface area contributed by atoms with Gasteiger partial charge in [0.05, 0.1) is 0 Å². The van der Waals surface area contributed by atoms with Gasteiger partial charge in [-0.05, 0) is 37.9 Å². The quantitative estimate of drug-likeness (QED) is 0.846. The molecule has 0 aromatic carbocycles. The minimum absolute atomic E-state index is 0.299. The lowest BCUT2D eigenvalue weighted by Gasteiger charge is -2.39. The zero-order chi connectivity index (χ0) is 14.8. The van der Waals surface area contributed by atoms with Crippen LogP contribution < -0.4 is 9.80 Å². The zero-order valence-corrected chi connectivity index (χ0v) is 13.6. The number of nitrogens with zero attached hydrogens (tertiary/aromatic N) is 6. The first kappa shape index (κ1) is 14.8. The van der Waals surface area contributed by atoms with Crippen LogP contribution in [-0.4, -0.2) is 65.2 Å². The fourth-order valence-electron chi connectivity index (χ4n) is 3.18. The first-order chi connectivity index (χ1) is 10.2. The van der Waals surface area contributed by atoms with E-state index >= 15 is 0 Å². The maximum absolute atomic E-state index is 6.11. The molecule has 0 N–H and O–H groups in total. The molecule has 0 spiro atoms. The molecule has 3 rings (SSSR count). The molecule has 0 radical (unpaired) electrons. The first-order valence-corrected chi connectivity index (χ1v) is 8.20. The number of hydrogen-bond donors (Lipinski definition) is 0. The predicted octanol–water partition coefficient (Wildman–Crippen LogP) is 1.66. The van der Waals surface area contributed by atoms with Crippen molar-refractivity contribution in [2.75, 3.05) is 49.1 Å². The van der Waals surface area contributed by atoms with Gasteiger partial charge < -0.3 is 9.80 Å². The highest BCUT2D eigenvalue weighted by molar-refractivity contribution is 6.28. The van der Waals surface area contributed by atoms with Gasteiger partial charge in [0.1, 0.15) is 0 Å². The van der Waals surface area contributed by atoms with Crippen molar-refractivity contribution in [3.05, 3.63) is 5.28 Å². The smallest absolute Gasteiger partial charge is 0.231 e. The van der Waals surface area contributed by atoms with Crippen molar-refractivity contribution in [3.63, 3.8) is 0 Å². The third-order valence-electron chi connectivity index (χ3n) is 4.43. The van der Waals surface area contributed by atoms with Crippen LogP contribution >= 0.6 is 11.6 Å². The Kier molecular flexibility index (Phi) is 4.45. The summed E-state index contributed by atoms with van der Waals surface area (Å²) in [7, 11) is 0. The van der Waals surface area contributed by atoms with Crippen LogP contribution in [0.5, 0.6) is 0 Å². The third-order valence-corrected chi connectivity index (χ3v) is 4.60. The summed E-state index contributed by atoms with van der Waals surface area (Å²) < 4.78 is 0. The van der Waals surface area contributed by atoms with Gasteiger partial charge in [-0.1, -0.05) is 6.92 Å². The number of likely N-dealkylation sites (N-methyl/N-ethyl adjacent to an activating group) is 1. The molecule has 7 heteroatoms. The SMILES string of the molecule is CCN1CCN(c2nc(Cl)nc(N3CCCC3)n2)CC1C. The van der Waals surface area contributed by atoms with Crippen molar-refractivity contribution >= 4 is 23.5 Å². The van der Waals surface area contributed by atoms with Crippen LogP contribution in [0.25, 0.3) is 0 Å². The Morgan fingerprint density at radius 1 is 1.00 bits per heavy atom. The summed E-state index contributed by atoms with van der Waals surface area (Å²) in [5.74, 6) is 1.45.